The molecule has 1 aromatic heterocycles. The average Bonchev–Trinajstić information content (AvgIpc) is 2.59. The third-order valence-corrected chi connectivity index (χ3v) is 2.59. The summed E-state index contributed by atoms with van der Waals surface area (Å²) in [5.41, 5.74) is 1.04. The van der Waals surface area contributed by atoms with E-state index in [4.69, 9.17) is 4.74 Å². The minimum atomic E-state index is 0.272. The molecule has 0 fully saturated rings. The summed E-state index contributed by atoms with van der Waals surface area (Å²) < 4.78 is 5.47. The first kappa shape index (κ1) is 11.6. The van der Waals surface area contributed by atoms with Crippen LogP contribution in [0.5, 0.6) is 0 Å². The Morgan fingerprint density at radius 3 is 3.00 bits per heavy atom. The van der Waals surface area contributed by atoms with Gasteiger partial charge in [0.15, 0.2) is 0 Å². The van der Waals surface area contributed by atoms with E-state index in [-0.39, 0.29) is 6.10 Å². The van der Waals surface area contributed by atoms with Crippen LogP contribution in [0.4, 0.5) is 0 Å². The van der Waals surface area contributed by atoms with Gasteiger partial charge in [0.2, 0.25) is 0 Å². The van der Waals surface area contributed by atoms with E-state index in [1.54, 1.807) is 11.3 Å². The topological polar surface area (TPSA) is 34.2 Å². The molecule has 0 saturated heterocycles. The maximum absolute atomic E-state index is 5.47. The van der Waals surface area contributed by atoms with Gasteiger partial charge in [-0.25, -0.2) is 4.98 Å². The van der Waals surface area contributed by atoms with E-state index in [1.807, 2.05) is 13.8 Å². The number of rotatable bonds is 6. The Morgan fingerprint density at radius 1 is 1.57 bits per heavy atom. The number of aromatic nitrogens is 1. The Kier molecular flexibility index (Phi) is 5.07. The molecule has 0 aliphatic heterocycles. The van der Waals surface area contributed by atoms with Crippen LogP contribution in [0.15, 0.2) is 5.38 Å². The Hall–Kier alpha value is -0.450. The van der Waals surface area contributed by atoms with Gasteiger partial charge < -0.3 is 10.1 Å². The van der Waals surface area contributed by atoms with E-state index < -0.39 is 0 Å². The van der Waals surface area contributed by atoms with Crippen LogP contribution in [0.3, 0.4) is 0 Å². The zero-order valence-corrected chi connectivity index (χ0v) is 9.86. The van der Waals surface area contributed by atoms with Gasteiger partial charge >= 0.3 is 0 Å². The maximum Gasteiger partial charge on any atom is 0.107 e. The number of hydrogen-bond acceptors (Lipinski definition) is 4. The highest BCUT2D eigenvalue weighted by molar-refractivity contribution is 7.09. The van der Waals surface area contributed by atoms with Gasteiger partial charge in [0.25, 0.3) is 0 Å². The highest BCUT2D eigenvalue weighted by Gasteiger charge is 2.02. The molecule has 0 amide bonds. The third kappa shape index (κ3) is 4.17. The highest BCUT2D eigenvalue weighted by atomic mass is 32.1. The lowest BCUT2D eigenvalue weighted by molar-refractivity contribution is 0.0638. The van der Waals surface area contributed by atoms with Crippen LogP contribution < -0.4 is 5.32 Å². The normalized spacial score (nSPS) is 11.1. The van der Waals surface area contributed by atoms with Gasteiger partial charge in [0.05, 0.1) is 18.4 Å². The number of nitrogens with one attached hydrogen (secondary N) is 1. The summed E-state index contributed by atoms with van der Waals surface area (Å²) in [4.78, 5) is 4.45. The number of ether oxygens (including phenoxy) is 1. The van der Waals surface area contributed by atoms with Crippen LogP contribution in [0.2, 0.25) is 0 Å². The lowest BCUT2D eigenvalue weighted by Gasteiger charge is -2.04. The molecular weight excluding hydrogens is 196 g/mol. The van der Waals surface area contributed by atoms with Crippen LogP contribution in [0.25, 0.3) is 0 Å². The van der Waals surface area contributed by atoms with E-state index in [0.717, 1.165) is 23.8 Å². The van der Waals surface area contributed by atoms with E-state index in [2.05, 4.69) is 22.6 Å². The standard InChI is InChI=1S/C10H18N2OS/c1-4-11-5-10-12-9(7-14-10)6-13-8(2)3/h7-8,11H,4-6H2,1-3H3. The van der Waals surface area contributed by atoms with Gasteiger partial charge in [-0.15, -0.1) is 11.3 Å². The second-order valence-electron chi connectivity index (χ2n) is 3.37. The molecule has 0 unspecified atom stereocenters. The minimum Gasteiger partial charge on any atom is -0.372 e. The predicted octanol–water partition coefficient (Wildman–Crippen LogP) is 2.18. The summed E-state index contributed by atoms with van der Waals surface area (Å²) in [5, 5.41) is 6.45. The summed E-state index contributed by atoms with van der Waals surface area (Å²) in [6, 6.07) is 0. The van der Waals surface area contributed by atoms with E-state index >= 15 is 0 Å². The molecule has 0 atom stereocenters. The molecule has 14 heavy (non-hydrogen) atoms. The van der Waals surface area contributed by atoms with E-state index in [1.165, 1.54) is 0 Å². The predicted molar refractivity (Wildman–Crippen MR) is 59.4 cm³/mol. The second-order valence-corrected chi connectivity index (χ2v) is 4.32. The fourth-order valence-electron chi connectivity index (χ4n) is 0.980. The van der Waals surface area contributed by atoms with Gasteiger partial charge in [0.1, 0.15) is 5.01 Å². The van der Waals surface area contributed by atoms with Crippen molar-refractivity contribution in [2.45, 2.75) is 40.0 Å². The second kappa shape index (κ2) is 6.11. The lowest BCUT2D eigenvalue weighted by atomic mass is 10.4. The van der Waals surface area contributed by atoms with Crippen LogP contribution in [0, 0.1) is 0 Å². The van der Waals surface area contributed by atoms with Crippen LogP contribution >= 0.6 is 11.3 Å². The molecule has 0 bridgehead atoms. The quantitative estimate of drug-likeness (QED) is 0.788. The largest absolute Gasteiger partial charge is 0.372 e. The molecule has 1 aromatic rings. The van der Waals surface area contributed by atoms with Crippen molar-refractivity contribution >= 4 is 11.3 Å². The Balaban J connectivity index is 2.35. The third-order valence-electron chi connectivity index (χ3n) is 1.69. The first-order chi connectivity index (χ1) is 6.72. The van der Waals surface area contributed by atoms with Crippen molar-refractivity contribution in [3.8, 4) is 0 Å². The number of thiazole rings is 1. The van der Waals surface area contributed by atoms with Crippen molar-refractivity contribution in [1.29, 1.82) is 0 Å². The smallest absolute Gasteiger partial charge is 0.107 e. The Labute approximate surface area is 89.5 Å². The summed E-state index contributed by atoms with van der Waals surface area (Å²) in [6.07, 6.45) is 0.272. The molecule has 4 heteroatoms. The molecule has 0 aliphatic rings. The molecule has 80 valence electrons. The van der Waals surface area contributed by atoms with Crippen molar-refractivity contribution < 1.29 is 4.74 Å². The van der Waals surface area contributed by atoms with Crippen molar-refractivity contribution in [1.82, 2.24) is 10.3 Å². The SMILES string of the molecule is CCNCc1nc(COC(C)C)cs1. The van der Waals surface area contributed by atoms with Gasteiger partial charge in [-0.3, -0.25) is 0 Å². The van der Waals surface area contributed by atoms with Crippen LogP contribution in [0.1, 0.15) is 31.5 Å². The highest BCUT2D eigenvalue weighted by Crippen LogP contribution is 2.10. The zero-order chi connectivity index (χ0) is 10.4. The maximum atomic E-state index is 5.47. The number of nitrogens with zero attached hydrogens (tertiary/aromatic N) is 1. The molecule has 1 heterocycles. The molecular formula is C10H18N2OS. The molecule has 0 aliphatic carbocycles. The van der Waals surface area contributed by atoms with Gasteiger partial charge in [-0.2, -0.15) is 0 Å². The van der Waals surface area contributed by atoms with Crippen molar-refractivity contribution in [2.75, 3.05) is 6.54 Å². The fraction of sp³-hybridized carbons (Fsp3) is 0.700. The summed E-state index contributed by atoms with van der Waals surface area (Å²) in [6.45, 7) is 8.63. The average molecular weight is 214 g/mol. The number of hydrogen-bond donors (Lipinski definition) is 1. The monoisotopic (exact) mass is 214 g/mol. The molecule has 1 N–H and O–H groups in total. The fourth-order valence-corrected chi connectivity index (χ4v) is 1.73. The van der Waals surface area contributed by atoms with Gasteiger partial charge in [0, 0.05) is 11.9 Å². The first-order valence-corrected chi connectivity index (χ1v) is 5.86. The molecule has 1 rings (SSSR count). The molecule has 0 saturated carbocycles. The molecule has 0 aromatic carbocycles. The van der Waals surface area contributed by atoms with Gasteiger partial charge in [-0.1, -0.05) is 6.92 Å². The van der Waals surface area contributed by atoms with Gasteiger partial charge in [-0.05, 0) is 20.4 Å². The summed E-state index contributed by atoms with van der Waals surface area (Å²) >= 11 is 1.69. The van der Waals surface area contributed by atoms with Crippen molar-refractivity contribution in [3.05, 3.63) is 16.1 Å². The van der Waals surface area contributed by atoms with E-state index in [9.17, 15) is 0 Å². The molecule has 0 spiro atoms. The Morgan fingerprint density at radius 2 is 2.36 bits per heavy atom. The Bertz CT molecular complexity index is 260. The molecule has 3 nitrogen and oxygen atoms in total. The van der Waals surface area contributed by atoms with Crippen molar-refractivity contribution in [2.24, 2.45) is 0 Å². The lowest BCUT2D eigenvalue weighted by Crippen LogP contribution is -2.11. The first-order valence-electron chi connectivity index (χ1n) is 4.98. The van der Waals surface area contributed by atoms with E-state index in [0.29, 0.717) is 6.61 Å². The molecule has 0 radical (unpaired) electrons. The van der Waals surface area contributed by atoms with Crippen LogP contribution in [-0.4, -0.2) is 17.6 Å². The summed E-state index contributed by atoms with van der Waals surface area (Å²) in [5.74, 6) is 0. The zero-order valence-electron chi connectivity index (χ0n) is 9.04. The van der Waals surface area contributed by atoms with Crippen LogP contribution in [-0.2, 0) is 17.9 Å². The van der Waals surface area contributed by atoms with Crippen molar-refractivity contribution in [3.63, 3.8) is 0 Å². The summed E-state index contributed by atoms with van der Waals surface area (Å²) in [7, 11) is 0. The minimum absolute atomic E-state index is 0.272.